The third-order valence-corrected chi connectivity index (χ3v) is 7.22. The Hall–Kier alpha value is -3.05. The monoisotopic (exact) mass is 552 g/mol. The SMILES string of the molecule is CC.CC(O)O.Cc1nc(NCc2cccnc2)nc(N[C@H]2CC[C@@H](CO)C2)c1C1=Nc2ccccc2CS1. The minimum absolute atomic E-state index is 0.241. The summed E-state index contributed by atoms with van der Waals surface area (Å²) < 4.78 is 0. The minimum Gasteiger partial charge on any atom is -0.396 e. The number of aliphatic hydroxyl groups excluding tert-OH is 2. The summed E-state index contributed by atoms with van der Waals surface area (Å²) in [7, 11) is 0. The molecule has 2 atom stereocenters. The molecular weight excluding hydrogens is 512 g/mol. The Bertz CT molecular complexity index is 1210. The Morgan fingerprint density at radius 1 is 1.08 bits per heavy atom. The number of hydrogen-bond donors (Lipinski definition) is 5. The Kier molecular flexibility index (Phi) is 12.1. The molecule has 39 heavy (non-hydrogen) atoms. The lowest BCUT2D eigenvalue weighted by Crippen LogP contribution is -2.21. The van der Waals surface area contributed by atoms with Crippen LogP contribution in [0.2, 0.25) is 0 Å². The standard InChI is InChI=1S/C25H28N6OS.C2H6O2.C2H6/c1-16-22(24-30-21-7-3-2-6-19(21)15-33-24)23(29-20-9-8-17(11-20)14-32)31-25(28-16)27-13-18-5-4-10-26-12-18;1-2(3)4;1-2/h2-7,10,12,17,20,32H,8-9,11,13-15H2,1H3,(H2,27,28,29,31);2-4H,1H3;1-2H3/t17-,20+;;/m1../s1. The molecule has 1 saturated carbocycles. The van der Waals surface area contributed by atoms with Crippen LogP contribution in [0.3, 0.4) is 0 Å². The van der Waals surface area contributed by atoms with Gasteiger partial charge in [-0.3, -0.25) is 4.98 Å². The van der Waals surface area contributed by atoms with Gasteiger partial charge in [0.15, 0.2) is 0 Å². The zero-order valence-corrected chi connectivity index (χ0v) is 23.9. The number of aliphatic hydroxyl groups is 3. The summed E-state index contributed by atoms with van der Waals surface area (Å²) in [5, 5.41) is 32.8. The zero-order chi connectivity index (χ0) is 28.2. The number of fused-ring (bicyclic) bond motifs is 1. The molecule has 2 aliphatic rings. The van der Waals surface area contributed by atoms with Crippen LogP contribution in [0.4, 0.5) is 17.5 Å². The number of anilines is 2. The van der Waals surface area contributed by atoms with Crippen molar-refractivity contribution in [3.63, 3.8) is 0 Å². The highest BCUT2D eigenvalue weighted by Gasteiger charge is 2.27. The lowest BCUT2D eigenvalue weighted by molar-refractivity contribution is -0.0228. The number of rotatable bonds is 7. The number of aryl methyl sites for hydroxylation is 1. The van der Waals surface area contributed by atoms with Crippen molar-refractivity contribution >= 4 is 34.3 Å². The normalized spacial score (nSPS) is 17.7. The van der Waals surface area contributed by atoms with E-state index >= 15 is 0 Å². The molecule has 0 unspecified atom stereocenters. The van der Waals surface area contributed by atoms with Crippen molar-refractivity contribution in [2.75, 3.05) is 17.2 Å². The number of pyridine rings is 1. The van der Waals surface area contributed by atoms with Crippen molar-refractivity contribution in [3.8, 4) is 0 Å². The molecule has 0 bridgehead atoms. The quantitative estimate of drug-likeness (QED) is 0.256. The van der Waals surface area contributed by atoms with E-state index in [2.05, 4.69) is 33.8 Å². The molecule has 9 nitrogen and oxygen atoms in total. The molecule has 3 aromatic rings. The molecule has 1 fully saturated rings. The van der Waals surface area contributed by atoms with Gasteiger partial charge in [0.05, 0.1) is 16.9 Å². The second-order valence-corrected chi connectivity index (χ2v) is 10.2. The van der Waals surface area contributed by atoms with E-state index in [1.165, 1.54) is 12.5 Å². The van der Waals surface area contributed by atoms with Crippen LogP contribution >= 0.6 is 11.8 Å². The summed E-state index contributed by atoms with van der Waals surface area (Å²) >= 11 is 1.73. The number of nitrogens with one attached hydrogen (secondary N) is 2. The lowest BCUT2D eigenvalue weighted by atomic mass is 10.1. The van der Waals surface area contributed by atoms with Crippen molar-refractivity contribution in [2.24, 2.45) is 10.9 Å². The van der Waals surface area contributed by atoms with Crippen molar-refractivity contribution in [3.05, 3.63) is 71.2 Å². The summed E-state index contributed by atoms with van der Waals surface area (Å²) in [6, 6.07) is 12.5. The fourth-order valence-corrected chi connectivity index (χ4v) is 5.51. The highest BCUT2D eigenvalue weighted by molar-refractivity contribution is 8.13. The molecule has 10 heteroatoms. The van der Waals surface area contributed by atoms with Crippen LogP contribution in [0, 0.1) is 12.8 Å². The van der Waals surface area contributed by atoms with Gasteiger partial charge >= 0.3 is 0 Å². The summed E-state index contributed by atoms with van der Waals surface area (Å²) in [6.07, 6.45) is 5.44. The zero-order valence-electron chi connectivity index (χ0n) is 23.1. The number of aliphatic imine (C=N–C) groups is 1. The van der Waals surface area contributed by atoms with Crippen molar-refractivity contribution < 1.29 is 15.3 Å². The minimum atomic E-state index is -1.17. The van der Waals surface area contributed by atoms with Crippen LogP contribution in [0.5, 0.6) is 0 Å². The average Bonchev–Trinajstić information content (AvgIpc) is 3.40. The predicted molar refractivity (Wildman–Crippen MR) is 159 cm³/mol. The maximum absolute atomic E-state index is 9.58. The fourth-order valence-electron chi connectivity index (χ4n) is 4.42. The number of para-hydroxylation sites is 1. The van der Waals surface area contributed by atoms with E-state index in [1.54, 1.807) is 18.0 Å². The van der Waals surface area contributed by atoms with Gasteiger partial charge in [0.1, 0.15) is 17.2 Å². The van der Waals surface area contributed by atoms with E-state index in [0.717, 1.165) is 58.4 Å². The molecule has 1 aliphatic heterocycles. The Morgan fingerprint density at radius 3 is 2.54 bits per heavy atom. The highest BCUT2D eigenvalue weighted by atomic mass is 32.2. The van der Waals surface area contributed by atoms with Gasteiger partial charge in [-0.25, -0.2) is 9.98 Å². The first-order valence-electron chi connectivity index (χ1n) is 13.5. The number of thioether (sulfide) groups is 1. The van der Waals surface area contributed by atoms with E-state index in [-0.39, 0.29) is 12.6 Å². The van der Waals surface area contributed by atoms with Gasteiger partial charge in [0.2, 0.25) is 5.95 Å². The summed E-state index contributed by atoms with van der Waals surface area (Å²) in [5.74, 6) is 2.63. The molecule has 0 spiro atoms. The molecule has 5 N–H and O–H groups in total. The van der Waals surface area contributed by atoms with Crippen molar-refractivity contribution in [2.45, 2.75) is 71.6 Å². The third kappa shape index (κ3) is 8.99. The maximum atomic E-state index is 9.58. The van der Waals surface area contributed by atoms with Crippen LogP contribution < -0.4 is 10.6 Å². The van der Waals surface area contributed by atoms with Crippen LogP contribution in [0.25, 0.3) is 0 Å². The maximum Gasteiger partial charge on any atom is 0.225 e. The largest absolute Gasteiger partial charge is 0.396 e. The van der Waals surface area contributed by atoms with Gasteiger partial charge in [0.25, 0.3) is 0 Å². The molecule has 1 aliphatic carbocycles. The average molecular weight is 553 g/mol. The molecule has 1 aromatic carbocycles. The van der Waals surface area contributed by atoms with E-state index in [1.807, 2.05) is 45.2 Å². The van der Waals surface area contributed by atoms with Gasteiger partial charge in [-0.2, -0.15) is 4.98 Å². The van der Waals surface area contributed by atoms with Crippen LogP contribution in [0.1, 0.15) is 62.4 Å². The van der Waals surface area contributed by atoms with Gasteiger partial charge < -0.3 is 26.0 Å². The van der Waals surface area contributed by atoms with Gasteiger partial charge in [0, 0.05) is 37.3 Å². The molecule has 2 aromatic heterocycles. The lowest BCUT2D eigenvalue weighted by Gasteiger charge is -2.22. The molecule has 0 amide bonds. The Labute approximate surface area is 235 Å². The predicted octanol–water partition coefficient (Wildman–Crippen LogP) is 5.03. The van der Waals surface area contributed by atoms with Gasteiger partial charge in [-0.1, -0.05) is 38.1 Å². The van der Waals surface area contributed by atoms with E-state index in [0.29, 0.717) is 18.4 Å². The fraction of sp³-hybridized carbons (Fsp3) is 0.448. The highest BCUT2D eigenvalue weighted by Crippen LogP contribution is 2.37. The summed E-state index contributed by atoms with van der Waals surface area (Å²) in [4.78, 5) is 18.8. The Morgan fingerprint density at radius 2 is 1.85 bits per heavy atom. The number of aromatic nitrogens is 3. The number of nitrogens with zero attached hydrogens (tertiary/aromatic N) is 4. The van der Waals surface area contributed by atoms with Crippen molar-refractivity contribution in [1.82, 2.24) is 15.0 Å². The first kappa shape index (κ1) is 30.5. The Balaban J connectivity index is 0.000000644. The topological polar surface area (TPSA) is 136 Å². The smallest absolute Gasteiger partial charge is 0.225 e. The second-order valence-electron chi connectivity index (χ2n) is 9.24. The summed E-state index contributed by atoms with van der Waals surface area (Å²) in [6.45, 7) is 8.14. The molecule has 3 heterocycles. The molecular formula is C29H40N6O3S. The van der Waals surface area contributed by atoms with E-state index < -0.39 is 6.29 Å². The van der Waals surface area contributed by atoms with Gasteiger partial charge in [-0.15, -0.1) is 11.8 Å². The molecule has 210 valence electrons. The second kappa shape index (κ2) is 15.5. The molecule has 5 rings (SSSR count). The first-order valence-corrected chi connectivity index (χ1v) is 14.5. The first-order chi connectivity index (χ1) is 18.9. The van der Waals surface area contributed by atoms with Crippen molar-refractivity contribution in [1.29, 1.82) is 0 Å². The molecule has 0 saturated heterocycles. The van der Waals surface area contributed by atoms with Crippen LogP contribution in [0.15, 0.2) is 53.8 Å². The number of benzene rings is 1. The van der Waals surface area contributed by atoms with E-state index in [4.69, 9.17) is 25.2 Å². The van der Waals surface area contributed by atoms with Gasteiger partial charge in [-0.05, 0) is 62.3 Å². The summed E-state index contributed by atoms with van der Waals surface area (Å²) in [5.41, 5.74) is 5.19. The number of hydrogen-bond acceptors (Lipinski definition) is 10. The van der Waals surface area contributed by atoms with E-state index in [9.17, 15) is 5.11 Å². The third-order valence-electron chi connectivity index (χ3n) is 6.20. The van der Waals surface area contributed by atoms with Crippen LogP contribution in [-0.4, -0.2) is 54.3 Å². The van der Waals surface area contributed by atoms with Crippen LogP contribution in [-0.2, 0) is 12.3 Å². The molecule has 0 radical (unpaired) electrons.